The molecule has 1 amide bonds. The normalized spacial score (nSPS) is 48.9. The van der Waals surface area contributed by atoms with E-state index in [0.29, 0.717) is 11.8 Å². The van der Waals surface area contributed by atoms with Gasteiger partial charge in [-0.3, -0.25) is 4.79 Å². The first kappa shape index (κ1) is 7.06. The zero-order chi connectivity index (χ0) is 8.22. The standard InChI is InChI=1S/C7H13N3O/c1-10-2-4-5(3-10)7(4,9)6(8)11/h4-5H,2-3,9H2,1H3,(H2,8,11)/t4-,5+,7?. The van der Waals surface area contributed by atoms with Crippen LogP contribution in [0.3, 0.4) is 0 Å². The first-order valence-electron chi connectivity index (χ1n) is 3.84. The van der Waals surface area contributed by atoms with Crippen molar-refractivity contribution in [1.82, 2.24) is 4.90 Å². The van der Waals surface area contributed by atoms with Gasteiger partial charge in [0.05, 0.1) is 0 Å². The minimum atomic E-state index is -0.660. The largest absolute Gasteiger partial charge is 0.368 e. The molecule has 1 aliphatic carbocycles. The molecule has 11 heavy (non-hydrogen) atoms. The van der Waals surface area contributed by atoms with Crippen LogP contribution in [0.4, 0.5) is 0 Å². The van der Waals surface area contributed by atoms with E-state index in [9.17, 15) is 4.79 Å². The van der Waals surface area contributed by atoms with Crippen LogP contribution in [-0.2, 0) is 4.79 Å². The number of carbonyl (C=O) groups is 1. The third-order valence-corrected chi connectivity index (χ3v) is 3.05. The van der Waals surface area contributed by atoms with Crippen molar-refractivity contribution in [2.24, 2.45) is 23.3 Å². The Kier molecular flexibility index (Phi) is 1.13. The molecular formula is C7H13N3O. The van der Waals surface area contributed by atoms with Crippen molar-refractivity contribution in [3.05, 3.63) is 0 Å². The van der Waals surface area contributed by atoms with Gasteiger partial charge in [-0.2, -0.15) is 0 Å². The number of hydrogen-bond donors (Lipinski definition) is 2. The first-order chi connectivity index (χ1) is 5.06. The Hall–Kier alpha value is -0.610. The molecule has 1 unspecified atom stereocenters. The van der Waals surface area contributed by atoms with Crippen LogP contribution in [0, 0.1) is 11.8 Å². The summed E-state index contributed by atoms with van der Waals surface area (Å²) in [7, 11) is 2.04. The van der Waals surface area contributed by atoms with Gasteiger partial charge >= 0.3 is 0 Å². The third kappa shape index (κ3) is 0.684. The summed E-state index contributed by atoms with van der Waals surface area (Å²) in [6, 6.07) is 0. The average molecular weight is 155 g/mol. The van der Waals surface area contributed by atoms with Gasteiger partial charge in [0.1, 0.15) is 5.54 Å². The second kappa shape index (κ2) is 1.76. The minimum absolute atomic E-state index is 0.324. The lowest BCUT2D eigenvalue weighted by Gasteiger charge is -2.17. The lowest BCUT2D eigenvalue weighted by atomic mass is 10.1. The zero-order valence-electron chi connectivity index (χ0n) is 6.58. The minimum Gasteiger partial charge on any atom is -0.368 e. The number of nitrogens with two attached hydrogens (primary N) is 2. The summed E-state index contributed by atoms with van der Waals surface area (Å²) in [5, 5.41) is 0. The van der Waals surface area contributed by atoms with Crippen LogP contribution in [0.2, 0.25) is 0 Å². The van der Waals surface area contributed by atoms with E-state index in [1.807, 2.05) is 7.05 Å². The maximum Gasteiger partial charge on any atom is 0.238 e. The van der Waals surface area contributed by atoms with Gasteiger partial charge in [-0.05, 0) is 7.05 Å². The van der Waals surface area contributed by atoms with Crippen molar-refractivity contribution < 1.29 is 4.79 Å². The smallest absolute Gasteiger partial charge is 0.238 e. The SMILES string of the molecule is CN1C[C@@H]2[C@H](C1)C2(N)C(N)=O. The number of hydrogen-bond acceptors (Lipinski definition) is 3. The van der Waals surface area contributed by atoms with Crippen LogP contribution < -0.4 is 11.5 Å². The summed E-state index contributed by atoms with van der Waals surface area (Å²) < 4.78 is 0. The quantitative estimate of drug-likeness (QED) is 0.477. The summed E-state index contributed by atoms with van der Waals surface area (Å²) in [5.41, 5.74) is 10.3. The Morgan fingerprint density at radius 2 is 2.00 bits per heavy atom. The molecule has 1 saturated carbocycles. The summed E-state index contributed by atoms with van der Waals surface area (Å²) in [4.78, 5) is 13.1. The number of fused-ring (bicyclic) bond motifs is 1. The molecule has 4 heteroatoms. The highest BCUT2D eigenvalue weighted by Crippen LogP contribution is 2.52. The molecule has 0 radical (unpaired) electrons. The molecule has 1 saturated heterocycles. The summed E-state index contributed by atoms with van der Waals surface area (Å²) in [6.45, 7) is 1.84. The zero-order valence-corrected chi connectivity index (χ0v) is 6.58. The lowest BCUT2D eigenvalue weighted by Crippen LogP contribution is -2.46. The Balaban J connectivity index is 2.11. The van der Waals surface area contributed by atoms with Crippen molar-refractivity contribution in [3.8, 4) is 0 Å². The van der Waals surface area contributed by atoms with Gasteiger partial charge < -0.3 is 16.4 Å². The average Bonchev–Trinajstić information content (AvgIpc) is 2.38. The van der Waals surface area contributed by atoms with E-state index < -0.39 is 5.54 Å². The van der Waals surface area contributed by atoms with Gasteiger partial charge in [0, 0.05) is 24.9 Å². The number of piperidine rings is 1. The van der Waals surface area contributed by atoms with Gasteiger partial charge in [-0.15, -0.1) is 0 Å². The molecule has 4 N–H and O–H groups in total. The summed E-state index contributed by atoms with van der Waals surface area (Å²) in [6.07, 6.45) is 0. The van der Waals surface area contributed by atoms with Crippen LogP contribution in [-0.4, -0.2) is 36.5 Å². The number of likely N-dealkylation sites (tertiary alicyclic amines) is 1. The molecule has 0 spiro atoms. The van der Waals surface area contributed by atoms with E-state index >= 15 is 0 Å². The van der Waals surface area contributed by atoms with E-state index in [-0.39, 0.29) is 5.91 Å². The van der Waals surface area contributed by atoms with Gasteiger partial charge in [0.25, 0.3) is 0 Å². The molecule has 0 aromatic carbocycles. The second-order valence-electron chi connectivity index (χ2n) is 3.73. The number of rotatable bonds is 1. The molecular weight excluding hydrogens is 142 g/mol. The molecule has 1 aliphatic heterocycles. The molecule has 0 bridgehead atoms. The van der Waals surface area contributed by atoms with Crippen molar-refractivity contribution in [3.63, 3.8) is 0 Å². The monoisotopic (exact) mass is 155 g/mol. The maximum atomic E-state index is 10.9. The van der Waals surface area contributed by atoms with Crippen LogP contribution >= 0.6 is 0 Å². The Morgan fingerprint density at radius 3 is 2.36 bits per heavy atom. The fraction of sp³-hybridized carbons (Fsp3) is 0.857. The van der Waals surface area contributed by atoms with Gasteiger partial charge in [0.2, 0.25) is 5.91 Å². The topological polar surface area (TPSA) is 72.3 Å². The molecule has 0 aromatic heterocycles. The molecule has 4 nitrogen and oxygen atoms in total. The van der Waals surface area contributed by atoms with Gasteiger partial charge in [0.15, 0.2) is 0 Å². The number of primary amides is 1. The molecule has 2 rings (SSSR count). The van der Waals surface area contributed by atoms with E-state index in [2.05, 4.69) is 4.90 Å². The summed E-state index contributed by atoms with van der Waals surface area (Å²) in [5.74, 6) is 0.315. The fourth-order valence-corrected chi connectivity index (χ4v) is 2.23. The Labute approximate surface area is 65.5 Å². The Bertz CT molecular complexity index is 204. The van der Waals surface area contributed by atoms with E-state index in [4.69, 9.17) is 11.5 Å². The van der Waals surface area contributed by atoms with Gasteiger partial charge in [-0.1, -0.05) is 0 Å². The number of nitrogens with zero attached hydrogens (tertiary/aromatic N) is 1. The second-order valence-corrected chi connectivity index (χ2v) is 3.73. The van der Waals surface area contributed by atoms with E-state index in [1.165, 1.54) is 0 Å². The maximum absolute atomic E-state index is 10.9. The number of carbonyl (C=O) groups excluding carboxylic acids is 1. The predicted octanol–water partition coefficient (Wildman–Crippen LogP) is -1.64. The highest BCUT2D eigenvalue weighted by molar-refractivity contribution is 5.89. The molecule has 1 heterocycles. The molecule has 3 atom stereocenters. The fourth-order valence-electron chi connectivity index (χ4n) is 2.23. The highest BCUT2D eigenvalue weighted by Gasteiger charge is 2.69. The molecule has 62 valence electrons. The first-order valence-corrected chi connectivity index (χ1v) is 3.84. The van der Waals surface area contributed by atoms with E-state index in [1.54, 1.807) is 0 Å². The molecule has 2 aliphatic rings. The highest BCUT2D eigenvalue weighted by atomic mass is 16.1. The van der Waals surface area contributed by atoms with Crippen molar-refractivity contribution in [1.29, 1.82) is 0 Å². The summed E-state index contributed by atoms with van der Waals surface area (Å²) >= 11 is 0. The Morgan fingerprint density at radius 1 is 1.55 bits per heavy atom. The third-order valence-electron chi connectivity index (χ3n) is 3.05. The van der Waals surface area contributed by atoms with Crippen molar-refractivity contribution >= 4 is 5.91 Å². The van der Waals surface area contributed by atoms with Crippen molar-refractivity contribution in [2.45, 2.75) is 5.54 Å². The lowest BCUT2D eigenvalue weighted by molar-refractivity contribution is -0.121. The molecule has 2 fully saturated rings. The van der Waals surface area contributed by atoms with Crippen LogP contribution in [0.5, 0.6) is 0 Å². The predicted molar refractivity (Wildman–Crippen MR) is 40.6 cm³/mol. The number of amides is 1. The van der Waals surface area contributed by atoms with Crippen LogP contribution in [0.1, 0.15) is 0 Å². The van der Waals surface area contributed by atoms with Gasteiger partial charge in [-0.25, -0.2) is 0 Å². The van der Waals surface area contributed by atoms with Crippen LogP contribution in [0.25, 0.3) is 0 Å². The van der Waals surface area contributed by atoms with Crippen LogP contribution in [0.15, 0.2) is 0 Å². The molecule has 0 aromatic rings. The van der Waals surface area contributed by atoms with E-state index in [0.717, 1.165) is 13.1 Å². The van der Waals surface area contributed by atoms with Crippen molar-refractivity contribution in [2.75, 3.05) is 20.1 Å².